The molecule has 0 spiro atoms. The summed E-state index contributed by atoms with van der Waals surface area (Å²) < 4.78 is 5.43. The maximum atomic E-state index is 12.5. The topological polar surface area (TPSA) is 71.5 Å². The smallest absolute Gasteiger partial charge is 0.338 e. The minimum atomic E-state index is -0.425. The van der Waals surface area contributed by atoms with Crippen LogP contribution in [0.15, 0.2) is 40.4 Å². The van der Waals surface area contributed by atoms with Crippen molar-refractivity contribution in [1.29, 1.82) is 0 Å². The number of aromatic nitrogens is 1. The number of carbonyl (C=O) groups excluding carboxylic acids is 2. The molecule has 28 heavy (non-hydrogen) atoms. The van der Waals surface area contributed by atoms with Gasteiger partial charge in [0, 0.05) is 22.9 Å². The van der Waals surface area contributed by atoms with Crippen LogP contribution in [0.2, 0.25) is 0 Å². The Balaban J connectivity index is 1.29. The van der Waals surface area contributed by atoms with E-state index in [1.54, 1.807) is 23.5 Å². The van der Waals surface area contributed by atoms with E-state index in [2.05, 4.69) is 15.2 Å². The van der Waals surface area contributed by atoms with Crippen LogP contribution in [0, 0.1) is 0 Å². The molecule has 2 aromatic heterocycles. The zero-order valence-electron chi connectivity index (χ0n) is 14.9. The summed E-state index contributed by atoms with van der Waals surface area (Å²) in [4.78, 5) is 31.4. The molecule has 5 rings (SSSR count). The highest BCUT2D eigenvalue weighted by Gasteiger charge is 2.36. The van der Waals surface area contributed by atoms with Gasteiger partial charge in [-0.3, -0.25) is 4.79 Å². The molecule has 1 saturated heterocycles. The number of hydrogen-bond donors (Lipinski definition) is 1. The standard InChI is InChI=1S/C20H17N3O3S2/c24-18-17-2-1-6-23(17)16-4-3-12(8-15(16)22-18)20(25)26-9-14-11-28-19(21-14)13-5-7-27-10-13/h3-5,7-8,10-11,17H,1-2,6,9H2,(H,22,24)/t17-/m1/s1. The molecular formula is C20H17N3O3S2. The highest BCUT2D eigenvalue weighted by molar-refractivity contribution is 7.14. The first-order chi connectivity index (χ1) is 13.7. The summed E-state index contributed by atoms with van der Waals surface area (Å²) in [6.45, 7) is 0.988. The minimum absolute atomic E-state index is 0.000972. The molecule has 6 nitrogen and oxygen atoms in total. The Morgan fingerprint density at radius 2 is 2.25 bits per heavy atom. The summed E-state index contributed by atoms with van der Waals surface area (Å²) in [7, 11) is 0. The molecule has 0 saturated carbocycles. The molecule has 142 valence electrons. The predicted octanol–water partition coefficient (Wildman–Crippen LogP) is 4.15. The largest absolute Gasteiger partial charge is 0.456 e. The average Bonchev–Trinajstić information content (AvgIpc) is 3.47. The van der Waals surface area contributed by atoms with Gasteiger partial charge in [-0.25, -0.2) is 9.78 Å². The van der Waals surface area contributed by atoms with Crippen molar-refractivity contribution in [3.63, 3.8) is 0 Å². The SMILES string of the molecule is O=C(OCc1csc(-c2ccsc2)n1)c1ccc2c(c1)NC(=O)[C@H]1CCCN21. The molecule has 1 atom stereocenters. The summed E-state index contributed by atoms with van der Waals surface area (Å²) in [6.07, 6.45) is 1.87. The zero-order chi connectivity index (χ0) is 19.1. The molecule has 0 radical (unpaired) electrons. The Hall–Kier alpha value is -2.71. The third-order valence-corrected chi connectivity index (χ3v) is 6.65. The van der Waals surface area contributed by atoms with Crippen LogP contribution in [0.5, 0.6) is 0 Å². The third kappa shape index (κ3) is 3.08. The number of anilines is 2. The second-order valence-electron chi connectivity index (χ2n) is 6.80. The van der Waals surface area contributed by atoms with Gasteiger partial charge in [-0.15, -0.1) is 11.3 Å². The molecule has 0 aliphatic carbocycles. The summed E-state index contributed by atoms with van der Waals surface area (Å²) in [5.41, 5.74) is 3.87. The van der Waals surface area contributed by atoms with E-state index < -0.39 is 5.97 Å². The molecule has 2 aliphatic rings. The van der Waals surface area contributed by atoms with Crippen molar-refractivity contribution >= 4 is 45.9 Å². The molecule has 1 fully saturated rings. The van der Waals surface area contributed by atoms with Crippen LogP contribution in [-0.4, -0.2) is 29.4 Å². The number of nitrogens with zero attached hydrogens (tertiary/aromatic N) is 2. The van der Waals surface area contributed by atoms with Crippen LogP contribution in [0.3, 0.4) is 0 Å². The van der Waals surface area contributed by atoms with Crippen molar-refractivity contribution in [2.45, 2.75) is 25.5 Å². The molecule has 2 aliphatic heterocycles. The van der Waals surface area contributed by atoms with Crippen LogP contribution in [0.1, 0.15) is 28.9 Å². The Morgan fingerprint density at radius 1 is 1.32 bits per heavy atom. The van der Waals surface area contributed by atoms with Crippen molar-refractivity contribution in [1.82, 2.24) is 4.98 Å². The summed E-state index contributed by atoms with van der Waals surface area (Å²) in [6, 6.07) is 7.27. The monoisotopic (exact) mass is 411 g/mol. The molecule has 1 amide bonds. The van der Waals surface area contributed by atoms with Gasteiger partial charge < -0.3 is 15.0 Å². The molecular weight excluding hydrogens is 394 g/mol. The quantitative estimate of drug-likeness (QED) is 0.653. The first kappa shape index (κ1) is 17.4. The van der Waals surface area contributed by atoms with E-state index in [0.717, 1.165) is 41.3 Å². The molecule has 8 heteroatoms. The van der Waals surface area contributed by atoms with Gasteiger partial charge in [0.2, 0.25) is 5.91 Å². The maximum Gasteiger partial charge on any atom is 0.338 e. The number of benzene rings is 1. The fourth-order valence-electron chi connectivity index (χ4n) is 3.67. The number of amides is 1. The Kier molecular flexibility index (Phi) is 4.37. The Bertz CT molecular complexity index is 1040. The number of esters is 1. The molecule has 3 aromatic rings. The van der Waals surface area contributed by atoms with Gasteiger partial charge in [-0.05, 0) is 42.5 Å². The van der Waals surface area contributed by atoms with Gasteiger partial charge in [0.05, 0.1) is 22.6 Å². The average molecular weight is 412 g/mol. The zero-order valence-corrected chi connectivity index (χ0v) is 16.5. The number of nitrogens with one attached hydrogen (secondary N) is 1. The molecule has 0 bridgehead atoms. The summed E-state index contributed by atoms with van der Waals surface area (Å²) in [5, 5.41) is 9.80. The van der Waals surface area contributed by atoms with Gasteiger partial charge in [0.15, 0.2) is 0 Å². The molecule has 1 aromatic carbocycles. The second-order valence-corrected chi connectivity index (χ2v) is 8.44. The number of carbonyl (C=O) groups is 2. The van der Waals surface area contributed by atoms with Crippen molar-refractivity contribution in [3.05, 3.63) is 51.7 Å². The van der Waals surface area contributed by atoms with Crippen molar-refractivity contribution in [2.24, 2.45) is 0 Å². The lowest BCUT2D eigenvalue weighted by Crippen LogP contribution is -2.43. The molecule has 0 unspecified atom stereocenters. The van der Waals surface area contributed by atoms with E-state index in [0.29, 0.717) is 11.3 Å². The number of thiophene rings is 1. The van der Waals surface area contributed by atoms with Gasteiger partial charge in [0.1, 0.15) is 17.7 Å². The number of ether oxygens (including phenoxy) is 1. The van der Waals surface area contributed by atoms with E-state index in [1.165, 1.54) is 11.3 Å². The maximum absolute atomic E-state index is 12.5. The van der Waals surface area contributed by atoms with Crippen LogP contribution >= 0.6 is 22.7 Å². The Morgan fingerprint density at radius 3 is 3.11 bits per heavy atom. The van der Waals surface area contributed by atoms with Crippen LogP contribution in [-0.2, 0) is 16.1 Å². The van der Waals surface area contributed by atoms with E-state index in [-0.39, 0.29) is 18.6 Å². The van der Waals surface area contributed by atoms with Gasteiger partial charge in [-0.1, -0.05) is 0 Å². The summed E-state index contributed by atoms with van der Waals surface area (Å²) >= 11 is 3.16. The number of rotatable bonds is 4. The lowest BCUT2D eigenvalue weighted by molar-refractivity contribution is -0.117. The lowest BCUT2D eigenvalue weighted by atomic mass is 10.1. The fraction of sp³-hybridized carbons (Fsp3) is 0.250. The Labute approximate surface area is 169 Å². The van der Waals surface area contributed by atoms with Crippen LogP contribution < -0.4 is 10.2 Å². The first-order valence-corrected chi connectivity index (χ1v) is 10.9. The highest BCUT2D eigenvalue weighted by Crippen LogP contribution is 2.37. The van der Waals surface area contributed by atoms with Gasteiger partial charge in [0.25, 0.3) is 0 Å². The van der Waals surface area contributed by atoms with E-state index in [1.807, 2.05) is 28.3 Å². The number of fused-ring (bicyclic) bond motifs is 3. The lowest BCUT2D eigenvalue weighted by Gasteiger charge is -2.33. The third-order valence-electron chi connectivity index (χ3n) is 5.03. The van der Waals surface area contributed by atoms with Crippen LogP contribution in [0.25, 0.3) is 10.6 Å². The fourth-order valence-corrected chi connectivity index (χ4v) is 5.19. The highest BCUT2D eigenvalue weighted by atomic mass is 32.1. The second kappa shape index (κ2) is 7.03. The predicted molar refractivity (Wildman–Crippen MR) is 110 cm³/mol. The number of thiazole rings is 1. The number of hydrogen-bond acceptors (Lipinski definition) is 7. The van der Waals surface area contributed by atoms with Gasteiger partial charge in [-0.2, -0.15) is 11.3 Å². The van der Waals surface area contributed by atoms with E-state index in [9.17, 15) is 9.59 Å². The van der Waals surface area contributed by atoms with Gasteiger partial charge >= 0.3 is 5.97 Å². The van der Waals surface area contributed by atoms with E-state index in [4.69, 9.17) is 4.74 Å². The van der Waals surface area contributed by atoms with E-state index >= 15 is 0 Å². The minimum Gasteiger partial charge on any atom is -0.456 e. The molecule has 1 N–H and O–H groups in total. The van der Waals surface area contributed by atoms with Crippen LogP contribution in [0.4, 0.5) is 11.4 Å². The van der Waals surface area contributed by atoms with Crippen molar-refractivity contribution < 1.29 is 14.3 Å². The molecule has 4 heterocycles. The van der Waals surface area contributed by atoms with Crippen molar-refractivity contribution in [3.8, 4) is 10.6 Å². The van der Waals surface area contributed by atoms with Crippen molar-refractivity contribution in [2.75, 3.05) is 16.8 Å². The summed E-state index contributed by atoms with van der Waals surface area (Å²) in [5.74, 6) is -0.426. The normalized spacial score (nSPS) is 17.8. The first-order valence-electron chi connectivity index (χ1n) is 9.05.